The third-order valence-electron chi connectivity index (χ3n) is 4.41. The molecular formula is C16H8F15NO7S. The van der Waals surface area contributed by atoms with Gasteiger partial charge in [-0.05, 0) is 12.1 Å². The van der Waals surface area contributed by atoms with Crippen molar-refractivity contribution < 1.29 is 93.5 Å². The molecule has 8 nitrogen and oxygen atoms in total. The average molecular weight is 643 g/mol. The Hall–Kier alpha value is -3.21. The molecule has 0 atom stereocenters. The molecule has 40 heavy (non-hydrogen) atoms. The van der Waals surface area contributed by atoms with E-state index in [2.05, 4.69) is 9.47 Å². The number of carbonyl (C=O) groups excluding carboxylic acids is 1. The van der Waals surface area contributed by atoms with Crippen molar-refractivity contribution in [3.8, 4) is 5.75 Å². The highest BCUT2D eigenvalue weighted by Gasteiger charge is 2.79. The average Bonchev–Trinajstić information content (AvgIpc) is 2.79. The van der Waals surface area contributed by atoms with Crippen LogP contribution in [0.2, 0.25) is 0 Å². The first-order chi connectivity index (χ1) is 17.6. The molecule has 1 aromatic rings. The highest BCUT2D eigenvalue weighted by Crippen LogP contribution is 2.51. The van der Waals surface area contributed by atoms with E-state index in [-0.39, 0.29) is 12.1 Å². The van der Waals surface area contributed by atoms with Crippen LogP contribution in [-0.2, 0) is 19.4 Å². The number of hydrogen-bond donors (Lipinski definition) is 0. The molecular weight excluding hydrogens is 635 g/mol. The van der Waals surface area contributed by atoms with Gasteiger partial charge in [0.25, 0.3) is 9.84 Å². The summed E-state index contributed by atoms with van der Waals surface area (Å²) in [5.74, 6) is -30.4. The lowest BCUT2D eigenvalue weighted by Gasteiger charge is -2.31. The van der Waals surface area contributed by atoms with Crippen LogP contribution < -0.4 is 4.74 Å². The van der Waals surface area contributed by atoms with Crippen LogP contribution in [0.5, 0.6) is 5.75 Å². The molecule has 0 fully saturated rings. The Morgan fingerprint density at radius 2 is 1.40 bits per heavy atom. The van der Waals surface area contributed by atoms with Gasteiger partial charge in [0, 0.05) is 6.07 Å². The molecule has 0 saturated carbocycles. The van der Waals surface area contributed by atoms with Crippen molar-refractivity contribution in [1.82, 2.24) is 0 Å². The normalized spacial score (nSPS) is 14.3. The molecule has 24 heteroatoms. The molecule has 0 aliphatic rings. The van der Waals surface area contributed by atoms with Gasteiger partial charge in [-0.25, -0.2) is 22.0 Å². The molecule has 0 spiro atoms. The Morgan fingerprint density at radius 1 is 0.900 bits per heavy atom. The lowest BCUT2D eigenvalue weighted by molar-refractivity contribution is -0.386. The number of rotatable bonds is 12. The van der Waals surface area contributed by atoms with Crippen molar-refractivity contribution in [2.45, 2.75) is 46.4 Å². The molecule has 0 bridgehead atoms. The van der Waals surface area contributed by atoms with Crippen LogP contribution >= 0.6 is 0 Å². The summed E-state index contributed by atoms with van der Waals surface area (Å²) in [5.41, 5.74) is -1.84. The van der Waals surface area contributed by atoms with Gasteiger partial charge in [-0.3, -0.25) is 10.1 Å². The molecule has 0 aliphatic heterocycles. The maximum absolute atomic E-state index is 13.7. The van der Waals surface area contributed by atoms with Crippen LogP contribution in [-0.4, -0.2) is 74.1 Å². The minimum atomic E-state index is -7.22. The third kappa shape index (κ3) is 5.94. The Bertz CT molecular complexity index is 1230. The number of ether oxygens (including phenoxy) is 2. The predicted molar refractivity (Wildman–Crippen MR) is 93.5 cm³/mol. The molecule has 230 valence electrons. The lowest BCUT2D eigenvalue weighted by atomic mass is 10.1. The monoisotopic (exact) mass is 643 g/mol. The van der Waals surface area contributed by atoms with Gasteiger partial charge >= 0.3 is 53.2 Å². The molecule has 0 aromatic heterocycles. The zero-order valence-electron chi connectivity index (χ0n) is 18.1. The lowest BCUT2D eigenvalue weighted by Crippen LogP contribution is -2.59. The van der Waals surface area contributed by atoms with Gasteiger partial charge in [-0.1, -0.05) is 0 Å². The van der Waals surface area contributed by atoms with E-state index in [0.717, 1.165) is 0 Å². The van der Waals surface area contributed by atoms with Gasteiger partial charge < -0.3 is 9.47 Å². The summed E-state index contributed by atoms with van der Waals surface area (Å²) in [7, 11) is -7.06. The number of sulfone groups is 1. The fraction of sp³-hybridized carbons (Fsp3) is 0.562. The third-order valence-corrected chi connectivity index (χ3v) is 6.21. The molecule has 1 aromatic carbocycles. The number of nitro benzene ring substituents is 1. The maximum atomic E-state index is 13.7. The highest BCUT2D eigenvalue weighted by atomic mass is 32.2. The van der Waals surface area contributed by atoms with Gasteiger partial charge in [-0.15, -0.1) is 0 Å². The minimum absolute atomic E-state index is 0.0773. The fourth-order valence-electron chi connectivity index (χ4n) is 2.23. The molecule has 0 N–H and O–H groups in total. The largest absolute Gasteiger partial charge is 0.475 e. The van der Waals surface area contributed by atoms with E-state index in [1.165, 1.54) is 0 Å². The SMILES string of the molecule is O=C(COc1ccc(S(=O)(=O)C(F)(F)C(F)(F)C(F)(F)F)cc1[N+](=O)[O-])OCC(F)(F)C(F)(F)C(F)(F)C(F)F. The van der Waals surface area contributed by atoms with Crippen molar-refractivity contribution in [3.05, 3.63) is 28.3 Å². The summed E-state index contributed by atoms with van der Waals surface area (Å²) in [6.07, 6.45) is -12.4. The number of benzene rings is 1. The second kappa shape index (κ2) is 10.6. The summed E-state index contributed by atoms with van der Waals surface area (Å²) in [6, 6.07) is -0.881. The van der Waals surface area contributed by atoms with E-state index in [4.69, 9.17) is 0 Å². The highest BCUT2D eigenvalue weighted by molar-refractivity contribution is 7.92. The van der Waals surface area contributed by atoms with E-state index in [9.17, 15) is 89.2 Å². The van der Waals surface area contributed by atoms with Crippen molar-refractivity contribution in [3.63, 3.8) is 0 Å². The molecule has 1 rings (SSSR count). The molecule has 0 radical (unpaired) electrons. The number of nitrogens with zero attached hydrogens (tertiary/aromatic N) is 1. The number of carbonyl (C=O) groups is 1. The summed E-state index contributed by atoms with van der Waals surface area (Å²) in [5, 5.41) is 4.11. The zero-order valence-corrected chi connectivity index (χ0v) is 18.9. The zero-order chi connectivity index (χ0) is 31.9. The van der Waals surface area contributed by atoms with Gasteiger partial charge in [0.05, 0.1) is 9.82 Å². The van der Waals surface area contributed by atoms with E-state index in [0.29, 0.717) is 0 Å². The van der Waals surface area contributed by atoms with Gasteiger partial charge in [-0.2, -0.15) is 57.1 Å². The van der Waals surface area contributed by atoms with Crippen LogP contribution in [0.25, 0.3) is 0 Å². The van der Waals surface area contributed by atoms with Gasteiger partial charge in [0.15, 0.2) is 19.0 Å². The Labute approximate surface area is 209 Å². The number of esters is 1. The first kappa shape index (κ1) is 34.8. The summed E-state index contributed by atoms with van der Waals surface area (Å²) in [6.45, 7) is -4.87. The minimum Gasteiger partial charge on any atom is -0.475 e. The maximum Gasteiger partial charge on any atom is 0.461 e. The molecule has 0 heterocycles. The number of nitro groups is 1. The summed E-state index contributed by atoms with van der Waals surface area (Å²) < 4.78 is 224. The first-order valence-electron chi connectivity index (χ1n) is 9.15. The van der Waals surface area contributed by atoms with Gasteiger partial charge in [0.1, 0.15) is 0 Å². The molecule has 0 unspecified atom stereocenters. The van der Waals surface area contributed by atoms with Crippen molar-refractivity contribution in [2.24, 2.45) is 0 Å². The van der Waals surface area contributed by atoms with Crippen LogP contribution in [0, 0.1) is 10.1 Å². The standard InChI is InChI=1S/C16H8F15NO7S/c17-10(18)12(21,22)13(23,24)11(19,20)5-39-9(33)4-38-8-2-1-6(3-7(8)32(34)35)40(36,37)16(30,31)14(25,26)15(27,28)29/h1-3,10H,4-5H2. The number of hydrogen-bond acceptors (Lipinski definition) is 7. The molecule has 0 amide bonds. The molecule has 0 aliphatic carbocycles. The van der Waals surface area contributed by atoms with E-state index in [1.807, 2.05) is 0 Å². The Kier molecular flexibility index (Phi) is 9.27. The second-order valence-electron chi connectivity index (χ2n) is 7.13. The van der Waals surface area contributed by atoms with E-state index >= 15 is 0 Å². The topological polar surface area (TPSA) is 113 Å². The van der Waals surface area contributed by atoms with Crippen LogP contribution in [0.3, 0.4) is 0 Å². The van der Waals surface area contributed by atoms with Crippen LogP contribution in [0.15, 0.2) is 23.1 Å². The summed E-state index contributed by atoms with van der Waals surface area (Å²) in [4.78, 5) is 18.5. The van der Waals surface area contributed by atoms with Crippen molar-refractivity contribution in [2.75, 3.05) is 13.2 Å². The van der Waals surface area contributed by atoms with Crippen molar-refractivity contribution >= 4 is 21.5 Å². The van der Waals surface area contributed by atoms with Crippen molar-refractivity contribution in [1.29, 1.82) is 0 Å². The van der Waals surface area contributed by atoms with Crippen LogP contribution in [0.4, 0.5) is 71.5 Å². The number of alkyl halides is 15. The van der Waals surface area contributed by atoms with Crippen LogP contribution in [0.1, 0.15) is 0 Å². The number of halogens is 15. The predicted octanol–water partition coefficient (Wildman–Crippen LogP) is 5.25. The molecule has 0 saturated heterocycles. The quantitative estimate of drug-likeness (QED) is 0.132. The summed E-state index contributed by atoms with van der Waals surface area (Å²) >= 11 is 0. The fourth-order valence-corrected chi connectivity index (χ4v) is 3.50. The van der Waals surface area contributed by atoms with Gasteiger partial charge in [0.2, 0.25) is 0 Å². The first-order valence-corrected chi connectivity index (χ1v) is 10.6. The van der Waals surface area contributed by atoms with E-state index < -0.39 is 97.9 Å². The smallest absolute Gasteiger partial charge is 0.461 e. The second-order valence-corrected chi connectivity index (χ2v) is 9.12. The Morgan fingerprint density at radius 3 is 1.82 bits per heavy atom. The van der Waals surface area contributed by atoms with E-state index in [1.54, 1.807) is 0 Å². The Balaban J connectivity index is 3.18.